The SMILES string of the molecule is COc1cc(C2CCCNC2)ccc1OC1CCSC1. The summed E-state index contributed by atoms with van der Waals surface area (Å²) < 4.78 is 11.6. The average molecular weight is 293 g/mol. The van der Waals surface area contributed by atoms with E-state index in [1.54, 1.807) is 7.11 Å². The normalized spacial score (nSPS) is 26.4. The van der Waals surface area contributed by atoms with E-state index < -0.39 is 0 Å². The number of piperidine rings is 1. The van der Waals surface area contributed by atoms with Gasteiger partial charge in [0.25, 0.3) is 0 Å². The minimum Gasteiger partial charge on any atom is -0.493 e. The summed E-state index contributed by atoms with van der Waals surface area (Å²) in [6.45, 7) is 2.22. The fraction of sp³-hybridized carbons (Fsp3) is 0.625. The molecule has 2 aliphatic rings. The molecule has 2 atom stereocenters. The molecule has 3 nitrogen and oxygen atoms in total. The minimum atomic E-state index is 0.344. The van der Waals surface area contributed by atoms with Crippen LogP contribution in [0.1, 0.15) is 30.7 Å². The van der Waals surface area contributed by atoms with Crippen molar-refractivity contribution in [2.24, 2.45) is 0 Å². The highest BCUT2D eigenvalue weighted by atomic mass is 32.2. The maximum absolute atomic E-state index is 6.08. The van der Waals surface area contributed by atoms with Crippen LogP contribution >= 0.6 is 11.8 Å². The van der Waals surface area contributed by atoms with Crippen molar-refractivity contribution in [2.45, 2.75) is 31.3 Å². The van der Waals surface area contributed by atoms with Gasteiger partial charge in [0.05, 0.1) is 7.11 Å². The number of hydrogen-bond acceptors (Lipinski definition) is 4. The summed E-state index contributed by atoms with van der Waals surface area (Å²) in [5, 5.41) is 3.47. The van der Waals surface area contributed by atoms with Gasteiger partial charge in [0.2, 0.25) is 0 Å². The Morgan fingerprint density at radius 3 is 2.90 bits per heavy atom. The van der Waals surface area contributed by atoms with E-state index in [0.29, 0.717) is 12.0 Å². The molecular formula is C16H23NO2S. The second-order valence-electron chi connectivity index (χ2n) is 5.56. The Morgan fingerprint density at radius 1 is 1.25 bits per heavy atom. The molecule has 0 spiro atoms. The number of methoxy groups -OCH3 is 1. The Hall–Kier alpha value is -0.870. The predicted octanol–water partition coefficient (Wildman–Crippen LogP) is 3.05. The lowest BCUT2D eigenvalue weighted by atomic mass is 9.91. The first-order chi connectivity index (χ1) is 9.86. The van der Waals surface area contributed by atoms with Gasteiger partial charge in [-0.1, -0.05) is 6.07 Å². The Morgan fingerprint density at radius 2 is 2.20 bits per heavy atom. The van der Waals surface area contributed by atoms with Gasteiger partial charge in [0, 0.05) is 12.3 Å². The maximum atomic E-state index is 6.08. The molecule has 110 valence electrons. The first-order valence-corrected chi connectivity index (χ1v) is 8.65. The summed E-state index contributed by atoms with van der Waals surface area (Å²) in [4.78, 5) is 0. The number of nitrogens with one attached hydrogen (secondary N) is 1. The highest BCUT2D eigenvalue weighted by Gasteiger charge is 2.21. The molecule has 0 amide bonds. The van der Waals surface area contributed by atoms with E-state index >= 15 is 0 Å². The molecule has 0 radical (unpaired) electrons. The summed E-state index contributed by atoms with van der Waals surface area (Å²) in [5.74, 6) is 4.68. The van der Waals surface area contributed by atoms with Crippen molar-refractivity contribution >= 4 is 11.8 Å². The molecule has 1 aromatic carbocycles. The van der Waals surface area contributed by atoms with Crippen LogP contribution in [-0.2, 0) is 0 Å². The molecule has 2 unspecified atom stereocenters. The van der Waals surface area contributed by atoms with E-state index in [1.165, 1.54) is 24.2 Å². The zero-order valence-corrected chi connectivity index (χ0v) is 12.9. The largest absolute Gasteiger partial charge is 0.493 e. The summed E-state index contributed by atoms with van der Waals surface area (Å²) >= 11 is 1.97. The molecule has 4 heteroatoms. The summed E-state index contributed by atoms with van der Waals surface area (Å²) in [7, 11) is 1.73. The van der Waals surface area contributed by atoms with Gasteiger partial charge in [-0.25, -0.2) is 0 Å². The van der Waals surface area contributed by atoms with E-state index in [-0.39, 0.29) is 0 Å². The fourth-order valence-electron chi connectivity index (χ4n) is 2.96. The fourth-order valence-corrected chi connectivity index (χ4v) is 4.05. The van der Waals surface area contributed by atoms with Crippen LogP contribution in [0.25, 0.3) is 0 Å². The van der Waals surface area contributed by atoms with Gasteiger partial charge in [-0.3, -0.25) is 0 Å². The molecule has 0 saturated carbocycles. The van der Waals surface area contributed by atoms with E-state index in [0.717, 1.165) is 36.8 Å². The van der Waals surface area contributed by atoms with Gasteiger partial charge in [-0.15, -0.1) is 0 Å². The smallest absolute Gasteiger partial charge is 0.161 e. The van der Waals surface area contributed by atoms with Gasteiger partial charge in [0.15, 0.2) is 11.5 Å². The predicted molar refractivity (Wildman–Crippen MR) is 84.2 cm³/mol. The van der Waals surface area contributed by atoms with Crippen LogP contribution in [0.15, 0.2) is 18.2 Å². The van der Waals surface area contributed by atoms with E-state index in [1.807, 2.05) is 11.8 Å². The molecule has 3 rings (SSSR count). The van der Waals surface area contributed by atoms with Crippen molar-refractivity contribution < 1.29 is 9.47 Å². The van der Waals surface area contributed by atoms with Crippen LogP contribution in [0.3, 0.4) is 0 Å². The van der Waals surface area contributed by atoms with Crippen LogP contribution in [-0.4, -0.2) is 37.8 Å². The van der Waals surface area contributed by atoms with Crippen LogP contribution in [0.2, 0.25) is 0 Å². The van der Waals surface area contributed by atoms with Gasteiger partial charge in [-0.2, -0.15) is 11.8 Å². The average Bonchev–Trinajstić information content (AvgIpc) is 3.01. The van der Waals surface area contributed by atoms with Crippen LogP contribution in [0, 0.1) is 0 Å². The third kappa shape index (κ3) is 3.23. The topological polar surface area (TPSA) is 30.5 Å². The lowest BCUT2D eigenvalue weighted by molar-refractivity contribution is 0.218. The summed E-state index contributed by atoms with van der Waals surface area (Å²) in [6, 6.07) is 6.46. The number of hydrogen-bond donors (Lipinski definition) is 1. The highest BCUT2D eigenvalue weighted by Crippen LogP contribution is 2.35. The third-order valence-corrected chi connectivity index (χ3v) is 5.27. The van der Waals surface area contributed by atoms with Gasteiger partial charge < -0.3 is 14.8 Å². The van der Waals surface area contributed by atoms with E-state index in [4.69, 9.17) is 9.47 Å². The van der Waals surface area contributed by atoms with Crippen LogP contribution in [0.5, 0.6) is 11.5 Å². The van der Waals surface area contributed by atoms with E-state index in [9.17, 15) is 0 Å². The zero-order valence-electron chi connectivity index (χ0n) is 12.1. The monoisotopic (exact) mass is 293 g/mol. The second kappa shape index (κ2) is 6.72. The molecular weight excluding hydrogens is 270 g/mol. The summed E-state index contributed by atoms with van der Waals surface area (Å²) in [6.07, 6.45) is 4.00. The highest BCUT2D eigenvalue weighted by molar-refractivity contribution is 7.99. The lowest BCUT2D eigenvalue weighted by Gasteiger charge is -2.24. The first-order valence-electron chi connectivity index (χ1n) is 7.50. The van der Waals surface area contributed by atoms with Crippen molar-refractivity contribution in [2.75, 3.05) is 31.7 Å². The van der Waals surface area contributed by atoms with Gasteiger partial charge >= 0.3 is 0 Å². The van der Waals surface area contributed by atoms with Crippen LogP contribution in [0.4, 0.5) is 0 Å². The van der Waals surface area contributed by atoms with Crippen molar-refractivity contribution in [3.05, 3.63) is 23.8 Å². The zero-order chi connectivity index (χ0) is 13.8. The molecule has 1 N–H and O–H groups in total. The Kier molecular flexibility index (Phi) is 4.73. The lowest BCUT2D eigenvalue weighted by Crippen LogP contribution is -2.28. The molecule has 2 heterocycles. The second-order valence-corrected chi connectivity index (χ2v) is 6.71. The maximum Gasteiger partial charge on any atom is 0.161 e. The van der Waals surface area contributed by atoms with Gasteiger partial charge in [-0.05, 0) is 55.2 Å². The van der Waals surface area contributed by atoms with Crippen LogP contribution < -0.4 is 14.8 Å². The summed E-state index contributed by atoms with van der Waals surface area (Å²) in [5.41, 5.74) is 1.36. The first kappa shape index (κ1) is 14.1. The molecule has 2 aliphatic heterocycles. The number of benzene rings is 1. The number of rotatable bonds is 4. The molecule has 0 bridgehead atoms. The Labute approximate surface area is 125 Å². The molecule has 0 aromatic heterocycles. The third-order valence-electron chi connectivity index (χ3n) is 4.14. The van der Waals surface area contributed by atoms with Crippen molar-refractivity contribution in [1.82, 2.24) is 5.32 Å². The quantitative estimate of drug-likeness (QED) is 0.924. The molecule has 0 aliphatic carbocycles. The van der Waals surface area contributed by atoms with Crippen molar-refractivity contribution in [3.8, 4) is 11.5 Å². The van der Waals surface area contributed by atoms with Crippen molar-refractivity contribution in [1.29, 1.82) is 0 Å². The van der Waals surface area contributed by atoms with Gasteiger partial charge in [0.1, 0.15) is 6.10 Å². The standard InChI is InChI=1S/C16H23NO2S/c1-18-16-9-12(13-3-2-7-17-10-13)4-5-15(16)19-14-6-8-20-11-14/h4-5,9,13-14,17H,2-3,6-8,10-11H2,1H3. The Balaban J connectivity index is 1.74. The molecule has 1 aromatic rings. The molecule has 2 fully saturated rings. The minimum absolute atomic E-state index is 0.344. The molecule has 20 heavy (non-hydrogen) atoms. The number of thioether (sulfide) groups is 1. The van der Waals surface area contributed by atoms with Crippen molar-refractivity contribution in [3.63, 3.8) is 0 Å². The van der Waals surface area contributed by atoms with E-state index in [2.05, 4.69) is 23.5 Å². The molecule has 2 saturated heterocycles. The Bertz CT molecular complexity index is 440. The number of ether oxygens (including phenoxy) is 2.